The molecule has 31 heavy (non-hydrogen) atoms. The predicted octanol–water partition coefficient (Wildman–Crippen LogP) is 2.46. The molecule has 2 heterocycles. The van der Waals surface area contributed by atoms with E-state index in [0.29, 0.717) is 24.7 Å². The van der Waals surface area contributed by atoms with Gasteiger partial charge >= 0.3 is 0 Å². The first-order chi connectivity index (χ1) is 15.0. The van der Waals surface area contributed by atoms with E-state index >= 15 is 0 Å². The van der Waals surface area contributed by atoms with Crippen molar-refractivity contribution in [1.82, 2.24) is 14.5 Å². The van der Waals surface area contributed by atoms with E-state index in [0.717, 1.165) is 56.8 Å². The number of likely N-dealkylation sites (N-methyl/N-ethyl adjacent to an activating group) is 1. The molecule has 2 aromatic rings. The molecule has 2 aromatic carbocycles. The highest BCUT2D eigenvalue weighted by Gasteiger charge is 2.20. The Bertz CT molecular complexity index is 988. The zero-order chi connectivity index (χ0) is 21.7. The Labute approximate surface area is 185 Å². The SMILES string of the molecule is CCN1CCN(Cc2ccccc2CNS(=O)(=O)c2ccc3c(c2)OCCCO3)CC1. The van der Waals surface area contributed by atoms with Gasteiger partial charge in [0.1, 0.15) is 0 Å². The molecule has 0 radical (unpaired) electrons. The summed E-state index contributed by atoms with van der Waals surface area (Å²) in [7, 11) is -3.67. The largest absolute Gasteiger partial charge is 0.490 e. The normalized spacial score (nSPS) is 18.0. The maximum absolute atomic E-state index is 12.9. The second-order valence-corrected chi connectivity index (χ2v) is 9.73. The number of hydrogen-bond acceptors (Lipinski definition) is 6. The van der Waals surface area contributed by atoms with Gasteiger partial charge in [-0.1, -0.05) is 31.2 Å². The summed E-state index contributed by atoms with van der Waals surface area (Å²) in [5, 5.41) is 0. The molecule has 0 bridgehead atoms. The van der Waals surface area contributed by atoms with E-state index in [1.807, 2.05) is 18.2 Å². The van der Waals surface area contributed by atoms with Crippen LogP contribution in [-0.2, 0) is 23.1 Å². The van der Waals surface area contributed by atoms with E-state index in [4.69, 9.17) is 9.47 Å². The van der Waals surface area contributed by atoms with Crippen molar-refractivity contribution in [2.75, 3.05) is 45.9 Å². The lowest BCUT2D eigenvalue weighted by Gasteiger charge is -2.34. The number of benzene rings is 2. The number of nitrogens with zero attached hydrogens (tertiary/aromatic N) is 2. The van der Waals surface area contributed by atoms with Crippen LogP contribution in [0.5, 0.6) is 11.5 Å². The average molecular weight is 446 g/mol. The molecule has 7 nitrogen and oxygen atoms in total. The highest BCUT2D eigenvalue weighted by atomic mass is 32.2. The Hall–Kier alpha value is -2.13. The number of nitrogens with one attached hydrogen (secondary N) is 1. The molecule has 4 rings (SSSR count). The van der Waals surface area contributed by atoms with Gasteiger partial charge in [0.15, 0.2) is 11.5 Å². The quantitative estimate of drug-likeness (QED) is 0.706. The fourth-order valence-electron chi connectivity index (χ4n) is 3.96. The number of hydrogen-bond donors (Lipinski definition) is 1. The fraction of sp³-hybridized carbons (Fsp3) is 0.478. The predicted molar refractivity (Wildman–Crippen MR) is 120 cm³/mol. The van der Waals surface area contributed by atoms with Gasteiger partial charge in [0, 0.05) is 51.8 Å². The minimum absolute atomic E-state index is 0.185. The smallest absolute Gasteiger partial charge is 0.241 e. The van der Waals surface area contributed by atoms with Crippen LogP contribution in [0, 0.1) is 0 Å². The van der Waals surface area contributed by atoms with E-state index < -0.39 is 10.0 Å². The summed E-state index contributed by atoms with van der Waals surface area (Å²) in [4.78, 5) is 5.07. The van der Waals surface area contributed by atoms with Crippen molar-refractivity contribution in [1.29, 1.82) is 0 Å². The third kappa shape index (κ3) is 5.57. The number of piperazine rings is 1. The van der Waals surface area contributed by atoms with Gasteiger partial charge in [-0.25, -0.2) is 13.1 Å². The minimum Gasteiger partial charge on any atom is -0.490 e. The Kier molecular flexibility index (Phi) is 7.12. The van der Waals surface area contributed by atoms with Crippen molar-refractivity contribution in [3.05, 3.63) is 53.6 Å². The van der Waals surface area contributed by atoms with Gasteiger partial charge in [0.05, 0.1) is 18.1 Å². The summed E-state index contributed by atoms with van der Waals surface area (Å²) in [6.45, 7) is 9.68. The van der Waals surface area contributed by atoms with Crippen LogP contribution in [0.3, 0.4) is 0 Å². The van der Waals surface area contributed by atoms with Gasteiger partial charge in [-0.2, -0.15) is 0 Å². The molecule has 0 atom stereocenters. The number of sulfonamides is 1. The van der Waals surface area contributed by atoms with Crippen molar-refractivity contribution in [2.45, 2.75) is 31.3 Å². The van der Waals surface area contributed by atoms with Gasteiger partial charge in [-0.3, -0.25) is 4.90 Å². The summed E-state index contributed by atoms with van der Waals surface area (Å²) in [6.07, 6.45) is 0.777. The van der Waals surface area contributed by atoms with Crippen molar-refractivity contribution >= 4 is 10.0 Å². The first kappa shape index (κ1) is 22.1. The maximum Gasteiger partial charge on any atom is 0.241 e. The van der Waals surface area contributed by atoms with Crippen molar-refractivity contribution in [3.8, 4) is 11.5 Å². The van der Waals surface area contributed by atoms with Gasteiger partial charge in [-0.15, -0.1) is 0 Å². The Morgan fingerprint density at radius 3 is 2.32 bits per heavy atom. The third-order valence-electron chi connectivity index (χ3n) is 5.91. The Morgan fingerprint density at radius 1 is 0.903 bits per heavy atom. The monoisotopic (exact) mass is 445 g/mol. The lowest BCUT2D eigenvalue weighted by atomic mass is 10.1. The molecule has 168 valence electrons. The van der Waals surface area contributed by atoms with Gasteiger partial charge in [-0.05, 0) is 29.8 Å². The number of fused-ring (bicyclic) bond motifs is 1. The second kappa shape index (κ2) is 9.99. The van der Waals surface area contributed by atoms with Crippen molar-refractivity contribution in [2.24, 2.45) is 0 Å². The summed E-state index contributed by atoms with van der Waals surface area (Å²) in [5.74, 6) is 1.07. The lowest BCUT2D eigenvalue weighted by molar-refractivity contribution is 0.131. The van der Waals surface area contributed by atoms with E-state index in [9.17, 15) is 8.42 Å². The van der Waals surface area contributed by atoms with E-state index in [1.54, 1.807) is 18.2 Å². The topological polar surface area (TPSA) is 71.1 Å². The summed E-state index contributed by atoms with van der Waals surface area (Å²) < 4.78 is 39.8. The molecule has 0 aliphatic carbocycles. The van der Waals surface area contributed by atoms with E-state index in [-0.39, 0.29) is 11.4 Å². The van der Waals surface area contributed by atoms with Gasteiger partial charge in [0.2, 0.25) is 10.0 Å². The number of ether oxygens (including phenoxy) is 2. The van der Waals surface area contributed by atoms with E-state index in [2.05, 4.69) is 27.5 Å². The molecule has 2 aliphatic rings. The Morgan fingerprint density at radius 2 is 1.58 bits per heavy atom. The highest BCUT2D eigenvalue weighted by Crippen LogP contribution is 2.32. The first-order valence-corrected chi connectivity index (χ1v) is 12.4. The van der Waals surface area contributed by atoms with E-state index in [1.165, 1.54) is 0 Å². The molecule has 0 unspecified atom stereocenters. The van der Waals surface area contributed by atoms with Crippen LogP contribution in [0.1, 0.15) is 24.5 Å². The van der Waals surface area contributed by atoms with Gasteiger partial charge < -0.3 is 14.4 Å². The molecule has 2 aliphatic heterocycles. The number of rotatable bonds is 7. The molecular weight excluding hydrogens is 414 g/mol. The molecule has 1 N–H and O–H groups in total. The zero-order valence-corrected chi connectivity index (χ0v) is 18.9. The molecular formula is C23H31N3O4S. The summed E-state index contributed by atoms with van der Waals surface area (Å²) in [5.41, 5.74) is 2.16. The van der Waals surface area contributed by atoms with Crippen LogP contribution in [0.2, 0.25) is 0 Å². The Balaban J connectivity index is 1.42. The highest BCUT2D eigenvalue weighted by molar-refractivity contribution is 7.89. The summed E-state index contributed by atoms with van der Waals surface area (Å²) >= 11 is 0. The van der Waals surface area contributed by atoms with Crippen LogP contribution in [0.15, 0.2) is 47.4 Å². The molecule has 0 saturated carbocycles. The second-order valence-electron chi connectivity index (χ2n) is 7.96. The zero-order valence-electron chi connectivity index (χ0n) is 18.0. The lowest BCUT2D eigenvalue weighted by Crippen LogP contribution is -2.45. The maximum atomic E-state index is 12.9. The molecule has 1 saturated heterocycles. The van der Waals surface area contributed by atoms with Gasteiger partial charge in [0.25, 0.3) is 0 Å². The fourth-order valence-corrected chi connectivity index (χ4v) is 4.98. The van der Waals surface area contributed by atoms with Crippen LogP contribution >= 0.6 is 0 Å². The molecule has 0 spiro atoms. The first-order valence-electron chi connectivity index (χ1n) is 11.0. The molecule has 0 aromatic heterocycles. The third-order valence-corrected chi connectivity index (χ3v) is 7.31. The molecule has 0 amide bonds. The molecule has 1 fully saturated rings. The van der Waals surface area contributed by atoms with Crippen LogP contribution in [0.4, 0.5) is 0 Å². The van der Waals surface area contributed by atoms with Crippen molar-refractivity contribution < 1.29 is 17.9 Å². The molecule has 8 heteroatoms. The average Bonchev–Trinajstić information content (AvgIpc) is 3.04. The van der Waals surface area contributed by atoms with Crippen LogP contribution in [-0.4, -0.2) is 64.2 Å². The van der Waals surface area contributed by atoms with Crippen molar-refractivity contribution in [3.63, 3.8) is 0 Å². The minimum atomic E-state index is -3.67. The summed E-state index contributed by atoms with van der Waals surface area (Å²) in [6, 6.07) is 12.8. The van der Waals surface area contributed by atoms with Crippen LogP contribution in [0.25, 0.3) is 0 Å². The standard InChI is InChI=1S/C23H31N3O4S/c1-2-25-10-12-26(13-11-25)18-20-7-4-3-6-19(20)17-24-31(27,28)21-8-9-22-23(16-21)30-15-5-14-29-22/h3-4,6-9,16,24H,2,5,10-15,17-18H2,1H3. The van der Waals surface area contributed by atoms with Crippen LogP contribution < -0.4 is 14.2 Å².